The van der Waals surface area contributed by atoms with Crippen molar-refractivity contribution in [3.63, 3.8) is 0 Å². The Bertz CT molecular complexity index is 695. The first-order valence-corrected chi connectivity index (χ1v) is 6.72. The molecule has 6 nitrogen and oxygen atoms in total. The molecule has 2 aromatic rings. The summed E-state index contributed by atoms with van der Waals surface area (Å²) in [5, 5.41) is 13.2. The van der Waals surface area contributed by atoms with Gasteiger partial charge in [0, 0.05) is 6.42 Å². The highest BCUT2D eigenvalue weighted by Gasteiger charge is 2.19. The molecular formula is C15H17N3O3. The van der Waals surface area contributed by atoms with Gasteiger partial charge in [-0.1, -0.05) is 30.3 Å². The molecule has 110 valence electrons. The topological polar surface area (TPSA) is 85.1 Å². The van der Waals surface area contributed by atoms with E-state index in [1.165, 1.54) is 18.5 Å². The second-order valence-corrected chi connectivity index (χ2v) is 4.86. The molecule has 0 bridgehead atoms. The van der Waals surface area contributed by atoms with Crippen molar-refractivity contribution in [2.24, 2.45) is 0 Å². The summed E-state index contributed by atoms with van der Waals surface area (Å²) in [5.74, 6) is -0.613. The van der Waals surface area contributed by atoms with E-state index in [-0.39, 0.29) is 5.69 Å². The lowest BCUT2D eigenvalue weighted by atomic mass is 10.1. The quantitative estimate of drug-likeness (QED) is 0.898. The van der Waals surface area contributed by atoms with E-state index in [2.05, 4.69) is 10.1 Å². The molecule has 1 heterocycles. The Morgan fingerprint density at radius 2 is 1.95 bits per heavy atom. The SMILES string of the molecule is Cc1nn(C(C)C(=O)O)c(CCc2ccccc2)nc1=O. The smallest absolute Gasteiger partial charge is 0.328 e. The van der Waals surface area contributed by atoms with Gasteiger partial charge in [0.05, 0.1) is 0 Å². The number of aryl methyl sites for hydroxylation is 3. The van der Waals surface area contributed by atoms with Gasteiger partial charge in [0.2, 0.25) is 0 Å². The highest BCUT2D eigenvalue weighted by Crippen LogP contribution is 2.09. The zero-order valence-corrected chi connectivity index (χ0v) is 12.0. The van der Waals surface area contributed by atoms with Gasteiger partial charge < -0.3 is 5.11 Å². The highest BCUT2D eigenvalue weighted by molar-refractivity contribution is 5.71. The van der Waals surface area contributed by atoms with E-state index < -0.39 is 17.6 Å². The predicted octanol–water partition coefficient (Wildman–Crippen LogP) is 1.38. The van der Waals surface area contributed by atoms with Crippen LogP contribution in [0.4, 0.5) is 0 Å². The van der Waals surface area contributed by atoms with E-state index in [0.717, 1.165) is 5.56 Å². The number of nitrogens with zero attached hydrogens (tertiary/aromatic N) is 3. The number of carboxylic acids is 1. The minimum Gasteiger partial charge on any atom is -0.480 e. The second kappa shape index (κ2) is 6.30. The summed E-state index contributed by atoms with van der Waals surface area (Å²) in [7, 11) is 0. The Morgan fingerprint density at radius 3 is 2.57 bits per heavy atom. The number of aliphatic carboxylic acids is 1. The van der Waals surface area contributed by atoms with Crippen LogP contribution in [0.25, 0.3) is 0 Å². The summed E-state index contributed by atoms with van der Waals surface area (Å²) < 4.78 is 1.32. The zero-order chi connectivity index (χ0) is 15.4. The summed E-state index contributed by atoms with van der Waals surface area (Å²) in [4.78, 5) is 26.8. The van der Waals surface area contributed by atoms with Crippen molar-refractivity contribution in [2.45, 2.75) is 32.7 Å². The average molecular weight is 287 g/mol. The average Bonchev–Trinajstić information content (AvgIpc) is 2.48. The Hall–Kier alpha value is -2.50. The first-order chi connectivity index (χ1) is 9.99. The Morgan fingerprint density at radius 1 is 1.29 bits per heavy atom. The first-order valence-electron chi connectivity index (χ1n) is 6.72. The van der Waals surface area contributed by atoms with Crippen LogP contribution in [0.15, 0.2) is 35.1 Å². The van der Waals surface area contributed by atoms with Crippen LogP contribution in [-0.2, 0) is 17.6 Å². The fraction of sp³-hybridized carbons (Fsp3) is 0.333. The minimum atomic E-state index is -1.01. The molecule has 1 aromatic heterocycles. The van der Waals surface area contributed by atoms with Crippen molar-refractivity contribution in [1.29, 1.82) is 0 Å². The number of carboxylic acid groups (broad SMARTS) is 1. The van der Waals surface area contributed by atoms with Gasteiger partial charge in [-0.3, -0.25) is 4.79 Å². The van der Waals surface area contributed by atoms with Gasteiger partial charge >= 0.3 is 5.97 Å². The van der Waals surface area contributed by atoms with Crippen molar-refractivity contribution in [3.8, 4) is 0 Å². The lowest BCUT2D eigenvalue weighted by Gasteiger charge is -2.15. The van der Waals surface area contributed by atoms with Crippen molar-refractivity contribution < 1.29 is 9.90 Å². The lowest BCUT2D eigenvalue weighted by molar-refractivity contribution is -0.140. The summed E-state index contributed by atoms with van der Waals surface area (Å²) in [6.45, 7) is 3.05. The predicted molar refractivity (Wildman–Crippen MR) is 77.2 cm³/mol. The summed E-state index contributed by atoms with van der Waals surface area (Å²) >= 11 is 0. The highest BCUT2D eigenvalue weighted by atomic mass is 16.4. The Labute approximate surface area is 122 Å². The van der Waals surface area contributed by atoms with E-state index in [4.69, 9.17) is 5.11 Å². The molecule has 0 aliphatic carbocycles. The molecule has 0 amide bonds. The second-order valence-electron chi connectivity index (χ2n) is 4.86. The molecular weight excluding hydrogens is 270 g/mol. The monoisotopic (exact) mass is 287 g/mol. The maximum Gasteiger partial charge on any atom is 0.328 e. The van der Waals surface area contributed by atoms with Crippen LogP contribution in [0, 0.1) is 6.92 Å². The Balaban J connectivity index is 2.31. The standard InChI is InChI=1S/C15H17N3O3/c1-10-14(19)16-13(18(17-10)11(2)15(20)21)9-8-12-6-4-3-5-7-12/h3-7,11H,8-9H2,1-2H3,(H,20,21). The van der Waals surface area contributed by atoms with E-state index >= 15 is 0 Å². The first kappa shape index (κ1) is 14.9. The fourth-order valence-corrected chi connectivity index (χ4v) is 2.00. The molecule has 0 aliphatic heterocycles. The fourth-order valence-electron chi connectivity index (χ4n) is 2.00. The van der Waals surface area contributed by atoms with Crippen LogP contribution in [0.3, 0.4) is 0 Å². The number of rotatable bonds is 5. The number of hydrogen-bond donors (Lipinski definition) is 1. The van der Waals surface area contributed by atoms with Crippen molar-refractivity contribution in [3.05, 3.63) is 57.8 Å². The van der Waals surface area contributed by atoms with E-state index in [1.54, 1.807) is 0 Å². The Kier molecular flexibility index (Phi) is 4.47. The molecule has 1 unspecified atom stereocenters. The number of aromatic nitrogens is 3. The zero-order valence-electron chi connectivity index (χ0n) is 12.0. The molecule has 0 saturated heterocycles. The maximum atomic E-state index is 11.7. The van der Waals surface area contributed by atoms with E-state index in [0.29, 0.717) is 18.7 Å². The van der Waals surface area contributed by atoms with Gasteiger partial charge in [0.1, 0.15) is 17.6 Å². The van der Waals surface area contributed by atoms with E-state index in [1.807, 2.05) is 30.3 Å². The molecule has 0 fully saturated rings. The van der Waals surface area contributed by atoms with Crippen molar-refractivity contribution in [1.82, 2.24) is 14.8 Å². The number of benzene rings is 1. The van der Waals surface area contributed by atoms with Gasteiger partial charge in [-0.15, -0.1) is 0 Å². The molecule has 2 rings (SSSR count). The lowest BCUT2D eigenvalue weighted by Crippen LogP contribution is -2.29. The van der Waals surface area contributed by atoms with E-state index in [9.17, 15) is 9.59 Å². The van der Waals surface area contributed by atoms with Gasteiger partial charge in [-0.25, -0.2) is 9.48 Å². The van der Waals surface area contributed by atoms with Crippen LogP contribution in [0.1, 0.15) is 30.0 Å². The summed E-state index contributed by atoms with van der Waals surface area (Å²) in [5.41, 5.74) is 0.889. The minimum absolute atomic E-state index is 0.201. The third-order valence-corrected chi connectivity index (χ3v) is 3.27. The molecule has 0 saturated carbocycles. The van der Waals surface area contributed by atoms with Crippen molar-refractivity contribution >= 4 is 5.97 Å². The molecule has 1 N–H and O–H groups in total. The molecule has 1 aromatic carbocycles. The third-order valence-electron chi connectivity index (χ3n) is 3.27. The van der Waals surface area contributed by atoms with Crippen LogP contribution in [-0.4, -0.2) is 25.8 Å². The molecule has 21 heavy (non-hydrogen) atoms. The maximum absolute atomic E-state index is 11.7. The van der Waals surface area contributed by atoms with Crippen LogP contribution < -0.4 is 5.56 Å². The molecule has 6 heteroatoms. The number of hydrogen-bond acceptors (Lipinski definition) is 4. The summed E-state index contributed by atoms with van der Waals surface area (Å²) in [6, 6.07) is 8.89. The molecule has 1 atom stereocenters. The van der Waals surface area contributed by atoms with Gasteiger partial charge in [0.25, 0.3) is 5.56 Å². The van der Waals surface area contributed by atoms with Crippen LogP contribution in [0.5, 0.6) is 0 Å². The van der Waals surface area contributed by atoms with Gasteiger partial charge in [-0.2, -0.15) is 10.1 Å². The summed E-state index contributed by atoms with van der Waals surface area (Å²) in [6.07, 6.45) is 1.13. The third kappa shape index (κ3) is 3.53. The molecule has 0 spiro atoms. The molecule has 0 radical (unpaired) electrons. The van der Waals surface area contributed by atoms with Gasteiger partial charge in [0.15, 0.2) is 0 Å². The molecule has 0 aliphatic rings. The largest absolute Gasteiger partial charge is 0.480 e. The van der Waals surface area contributed by atoms with Crippen LogP contribution >= 0.6 is 0 Å². The van der Waals surface area contributed by atoms with Crippen LogP contribution in [0.2, 0.25) is 0 Å². The normalized spacial score (nSPS) is 12.1. The number of carbonyl (C=O) groups is 1. The van der Waals surface area contributed by atoms with Gasteiger partial charge in [-0.05, 0) is 25.8 Å². The van der Waals surface area contributed by atoms with Crippen molar-refractivity contribution in [2.75, 3.05) is 0 Å².